The molecule has 2 aromatic heterocycles. The molecule has 0 radical (unpaired) electrons. The van der Waals surface area contributed by atoms with E-state index in [-0.39, 0.29) is 11.7 Å². The minimum Gasteiger partial charge on any atom is -0.494 e. The highest BCUT2D eigenvalue weighted by Gasteiger charge is 2.43. The van der Waals surface area contributed by atoms with E-state index in [1.54, 1.807) is 20.7 Å². The molecule has 0 saturated carbocycles. The second-order valence-electron chi connectivity index (χ2n) is 7.79. The van der Waals surface area contributed by atoms with E-state index in [1.807, 2.05) is 54.3 Å². The predicted octanol–water partition coefficient (Wildman–Crippen LogP) is 7.12. The first-order chi connectivity index (χ1) is 15.4. The summed E-state index contributed by atoms with van der Waals surface area (Å²) in [6, 6.07) is 13.5. The number of benzene rings is 2. The number of carbonyl (C=O) groups is 1. The number of hydrogen-bond acceptors (Lipinski definition) is 8. The zero-order chi connectivity index (χ0) is 22.5. The van der Waals surface area contributed by atoms with Crippen LogP contribution in [0.5, 0.6) is 5.75 Å². The summed E-state index contributed by atoms with van der Waals surface area (Å²) in [5.41, 5.74) is 3.84. The third-order valence-electron chi connectivity index (χ3n) is 5.38. The quantitative estimate of drug-likeness (QED) is 0.165. The van der Waals surface area contributed by atoms with E-state index in [0.717, 1.165) is 42.4 Å². The number of thioether (sulfide) groups is 1. The van der Waals surface area contributed by atoms with Crippen LogP contribution >= 0.6 is 44.7 Å². The molecular formula is C23H20N2O3S4. The summed E-state index contributed by atoms with van der Waals surface area (Å²) in [5, 5.41) is 0.494. The molecule has 9 heteroatoms. The van der Waals surface area contributed by atoms with Crippen LogP contribution in [-0.2, 0) is 10.3 Å². The van der Waals surface area contributed by atoms with E-state index in [2.05, 4.69) is 18.8 Å². The highest BCUT2D eigenvalue weighted by atomic mass is 32.9. The van der Waals surface area contributed by atoms with Gasteiger partial charge in [0.1, 0.15) is 15.1 Å². The molecular weight excluding hydrogens is 481 g/mol. The van der Waals surface area contributed by atoms with Crippen molar-refractivity contribution in [3.05, 3.63) is 51.2 Å². The topological polar surface area (TPSA) is 55.6 Å². The van der Waals surface area contributed by atoms with Crippen molar-refractivity contribution in [2.45, 2.75) is 31.5 Å². The van der Waals surface area contributed by atoms with Crippen LogP contribution in [0.25, 0.3) is 22.2 Å². The maximum absolute atomic E-state index is 13.6. The molecule has 0 fully saturated rings. The van der Waals surface area contributed by atoms with Crippen molar-refractivity contribution in [2.75, 3.05) is 17.3 Å². The fraction of sp³-hybridized carbons (Fsp3) is 0.261. The number of nitrogens with zero attached hydrogens (tertiary/aromatic N) is 2. The summed E-state index contributed by atoms with van der Waals surface area (Å²) in [5.74, 6) is 0.978. The Morgan fingerprint density at radius 2 is 2.06 bits per heavy atom. The molecule has 1 amide bonds. The lowest BCUT2D eigenvalue weighted by atomic mass is 9.87. The molecule has 0 spiro atoms. The predicted molar refractivity (Wildman–Crippen MR) is 135 cm³/mol. The van der Waals surface area contributed by atoms with E-state index in [1.165, 1.54) is 11.8 Å². The van der Waals surface area contributed by atoms with Crippen molar-refractivity contribution in [1.82, 2.24) is 4.98 Å². The molecule has 0 atom stereocenters. The molecule has 0 saturated heterocycles. The van der Waals surface area contributed by atoms with Crippen molar-refractivity contribution < 1.29 is 13.9 Å². The van der Waals surface area contributed by atoms with Crippen molar-refractivity contribution in [2.24, 2.45) is 0 Å². The summed E-state index contributed by atoms with van der Waals surface area (Å²) < 4.78 is 12.4. The third-order valence-corrected chi connectivity index (χ3v) is 9.52. The number of aromatic nitrogens is 1. The fourth-order valence-electron chi connectivity index (χ4n) is 4.01. The van der Waals surface area contributed by atoms with Crippen LogP contribution in [0.1, 0.15) is 25.6 Å². The molecule has 5 rings (SSSR count). The molecule has 0 bridgehead atoms. The number of carbonyl (C=O) groups excluding carboxylic acids is 1. The van der Waals surface area contributed by atoms with Crippen molar-refractivity contribution in [3.63, 3.8) is 0 Å². The molecule has 164 valence electrons. The van der Waals surface area contributed by atoms with Crippen LogP contribution < -0.4 is 9.64 Å². The lowest BCUT2D eigenvalue weighted by Gasteiger charge is -2.43. The van der Waals surface area contributed by atoms with Crippen molar-refractivity contribution >= 4 is 67.4 Å². The lowest BCUT2D eigenvalue weighted by Crippen LogP contribution is -2.48. The van der Waals surface area contributed by atoms with Gasteiger partial charge in [-0.3, -0.25) is 4.79 Å². The van der Waals surface area contributed by atoms with Gasteiger partial charge in [-0.15, -0.1) is 0 Å². The van der Waals surface area contributed by atoms with E-state index in [4.69, 9.17) is 21.4 Å². The van der Waals surface area contributed by atoms with Crippen LogP contribution in [-0.4, -0.2) is 23.3 Å². The summed E-state index contributed by atoms with van der Waals surface area (Å²) in [4.78, 5) is 21.0. The van der Waals surface area contributed by atoms with E-state index >= 15 is 0 Å². The van der Waals surface area contributed by atoms with Crippen LogP contribution in [0.15, 0.2) is 52.1 Å². The van der Waals surface area contributed by atoms with Gasteiger partial charge in [-0.25, -0.2) is 4.98 Å². The number of anilines is 1. The number of para-hydroxylation sites is 2. The zero-order valence-corrected chi connectivity index (χ0v) is 21.0. The van der Waals surface area contributed by atoms with Gasteiger partial charge in [-0.2, -0.15) is 0 Å². The lowest BCUT2D eigenvalue weighted by molar-refractivity contribution is -0.117. The Balaban J connectivity index is 1.51. The fourth-order valence-corrected chi connectivity index (χ4v) is 7.98. The number of oxazole rings is 1. The Labute approximate surface area is 202 Å². The first-order valence-corrected chi connectivity index (χ1v) is 13.7. The highest BCUT2D eigenvalue weighted by Crippen LogP contribution is 2.53. The number of fused-ring (bicyclic) bond motifs is 4. The van der Waals surface area contributed by atoms with Gasteiger partial charge in [0.2, 0.25) is 5.91 Å². The average molecular weight is 501 g/mol. The van der Waals surface area contributed by atoms with E-state index in [9.17, 15) is 4.79 Å². The molecule has 0 aliphatic carbocycles. The molecule has 5 nitrogen and oxygen atoms in total. The highest BCUT2D eigenvalue weighted by molar-refractivity contribution is 7.99. The number of amides is 1. The molecule has 1 aliphatic rings. The van der Waals surface area contributed by atoms with Gasteiger partial charge in [0.15, 0.2) is 5.58 Å². The maximum atomic E-state index is 13.6. The Morgan fingerprint density at radius 1 is 1.25 bits per heavy atom. The van der Waals surface area contributed by atoms with Gasteiger partial charge >= 0.3 is 0 Å². The summed E-state index contributed by atoms with van der Waals surface area (Å²) >= 11 is 6.98. The Kier molecular flexibility index (Phi) is 5.61. The van der Waals surface area contributed by atoms with Crippen LogP contribution in [0.2, 0.25) is 0 Å². The number of hydrogen-bond donors (Lipinski definition) is 0. The molecule has 1 aliphatic heterocycles. The van der Waals surface area contributed by atoms with Gasteiger partial charge in [0, 0.05) is 11.1 Å². The average Bonchev–Trinajstić information content (AvgIpc) is 3.36. The Hall–Kier alpha value is -2.20. The third kappa shape index (κ3) is 3.57. The van der Waals surface area contributed by atoms with Crippen LogP contribution in [0, 0.1) is 3.82 Å². The van der Waals surface area contributed by atoms with Crippen LogP contribution in [0.3, 0.4) is 0 Å². The molecule has 0 unspecified atom stereocenters. The van der Waals surface area contributed by atoms with Gasteiger partial charge in [0.25, 0.3) is 5.22 Å². The number of rotatable bonds is 5. The zero-order valence-electron chi connectivity index (χ0n) is 17.7. The van der Waals surface area contributed by atoms with E-state index < -0.39 is 5.54 Å². The van der Waals surface area contributed by atoms with E-state index in [0.29, 0.717) is 11.8 Å². The molecule has 4 aromatic rings. The number of ether oxygens (including phenoxy) is 1. The minimum absolute atomic E-state index is 0.0114. The minimum atomic E-state index is -0.521. The monoisotopic (exact) mass is 500 g/mol. The van der Waals surface area contributed by atoms with Crippen LogP contribution in [0.4, 0.5) is 5.69 Å². The Morgan fingerprint density at radius 3 is 2.84 bits per heavy atom. The maximum Gasteiger partial charge on any atom is 0.257 e. The Bertz CT molecular complexity index is 1350. The van der Waals surface area contributed by atoms with Gasteiger partial charge in [0.05, 0.1) is 28.5 Å². The van der Waals surface area contributed by atoms with Gasteiger partial charge in [-0.1, -0.05) is 56.8 Å². The van der Waals surface area contributed by atoms with Gasteiger partial charge < -0.3 is 14.1 Å². The second-order valence-corrected chi connectivity index (χ2v) is 11.5. The summed E-state index contributed by atoms with van der Waals surface area (Å²) in [7, 11) is 3.22. The second kappa shape index (κ2) is 8.30. The summed E-state index contributed by atoms with van der Waals surface area (Å²) in [6.45, 7) is 6.68. The molecule has 2 aromatic carbocycles. The summed E-state index contributed by atoms with van der Waals surface area (Å²) in [6.07, 6.45) is 0. The molecule has 3 heterocycles. The van der Waals surface area contributed by atoms with Gasteiger partial charge in [-0.05, 0) is 51.1 Å². The first-order valence-electron chi connectivity index (χ1n) is 10.1. The SMILES string of the molecule is CCOc1ccc2c(c1)-c1c(ssc1=S)C(C)(C)N2C(=O)CSc1nc2ccccc2o1. The normalized spacial score (nSPS) is 14.3. The van der Waals surface area contributed by atoms with Crippen molar-refractivity contribution in [1.29, 1.82) is 0 Å². The molecule has 32 heavy (non-hydrogen) atoms. The smallest absolute Gasteiger partial charge is 0.257 e. The largest absolute Gasteiger partial charge is 0.494 e. The standard InChI is InChI=1S/C23H20N2O3S4/c1-4-27-13-9-10-16-14(11-13)19-20(31-32-21(19)29)23(2,3)25(16)18(26)12-30-22-24-15-7-5-6-8-17(15)28-22/h5-11H,4,12H2,1-3H3. The molecule has 0 N–H and O–H groups in total. The van der Waals surface area contributed by atoms with Crippen molar-refractivity contribution in [3.8, 4) is 16.9 Å². The first kappa shape index (κ1) is 21.6.